The zero-order valence-corrected chi connectivity index (χ0v) is 12.1. The highest BCUT2D eigenvalue weighted by Gasteiger charge is 2.09. The number of aliphatic hydroxyl groups is 1. The summed E-state index contributed by atoms with van der Waals surface area (Å²) in [5, 5.41) is 10.2. The molecule has 1 unspecified atom stereocenters. The third-order valence-corrected chi connectivity index (χ3v) is 4.30. The summed E-state index contributed by atoms with van der Waals surface area (Å²) < 4.78 is 0. The van der Waals surface area contributed by atoms with Crippen LogP contribution in [-0.4, -0.2) is 10.9 Å². The maximum absolute atomic E-state index is 10.2. The summed E-state index contributed by atoms with van der Waals surface area (Å²) in [5.74, 6) is 0.647. The first-order valence-corrected chi connectivity index (χ1v) is 7.28. The van der Waals surface area contributed by atoms with Crippen LogP contribution in [-0.2, 0) is 0 Å². The summed E-state index contributed by atoms with van der Waals surface area (Å²) >= 11 is 1.68. The quantitative estimate of drug-likeness (QED) is 0.659. The molecule has 1 atom stereocenters. The summed E-state index contributed by atoms with van der Waals surface area (Å²) in [7, 11) is 0. The van der Waals surface area contributed by atoms with Crippen LogP contribution < -0.4 is 5.73 Å². The lowest BCUT2D eigenvalue weighted by molar-refractivity contribution is 0.204. The molecule has 3 N–H and O–H groups in total. The highest BCUT2D eigenvalue weighted by Crippen LogP contribution is 2.28. The Morgan fingerprint density at radius 1 is 1.11 bits per heavy atom. The number of benzene rings is 2. The van der Waals surface area contributed by atoms with Gasteiger partial charge in [0.15, 0.2) is 0 Å². The molecular formula is C16H19NOS. The van der Waals surface area contributed by atoms with Crippen molar-refractivity contribution < 1.29 is 5.11 Å². The van der Waals surface area contributed by atoms with E-state index in [1.165, 1.54) is 16.0 Å². The van der Waals surface area contributed by atoms with Crippen LogP contribution in [0.15, 0.2) is 47.4 Å². The van der Waals surface area contributed by atoms with Gasteiger partial charge in [-0.25, -0.2) is 0 Å². The average molecular weight is 273 g/mol. The third kappa shape index (κ3) is 3.75. The molecule has 0 aliphatic rings. The van der Waals surface area contributed by atoms with E-state index in [4.69, 9.17) is 5.73 Å². The molecule has 2 rings (SSSR count). The SMILES string of the molecule is Cc1ccc(SCC(O)c2ccc(N)cc2)c(C)c1. The van der Waals surface area contributed by atoms with Crippen molar-refractivity contribution in [3.8, 4) is 0 Å². The van der Waals surface area contributed by atoms with Gasteiger partial charge in [-0.1, -0.05) is 29.8 Å². The van der Waals surface area contributed by atoms with Crippen LogP contribution in [0.4, 0.5) is 5.69 Å². The van der Waals surface area contributed by atoms with Crippen LogP contribution in [0.3, 0.4) is 0 Å². The van der Waals surface area contributed by atoms with Crippen LogP contribution in [0.25, 0.3) is 0 Å². The van der Waals surface area contributed by atoms with Crippen molar-refractivity contribution in [3.05, 3.63) is 59.2 Å². The van der Waals surface area contributed by atoms with E-state index in [9.17, 15) is 5.11 Å². The molecule has 0 saturated carbocycles. The molecule has 0 radical (unpaired) electrons. The number of hydrogen-bond acceptors (Lipinski definition) is 3. The Kier molecular flexibility index (Phi) is 4.51. The predicted octanol–water partition coefficient (Wildman–Crippen LogP) is 3.71. The Morgan fingerprint density at radius 3 is 2.42 bits per heavy atom. The topological polar surface area (TPSA) is 46.2 Å². The average Bonchev–Trinajstić information content (AvgIpc) is 2.38. The van der Waals surface area contributed by atoms with Crippen molar-refractivity contribution in [1.82, 2.24) is 0 Å². The minimum absolute atomic E-state index is 0.466. The molecule has 0 fully saturated rings. The third-order valence-electron chi connectivity index (χ3n) is 3.05. The van der Waals surface area contributed by atoms with Gasteiger partial charge in [-0.05, 0) is 43.2 Å². The zero-order chi connectivity index (χ0) is 13.8. The van der Waals surface area contributed by atoms with Gasteiger partial charge < -0.3 is 10.8 Å². The number of thioether (sulfide) groups is 1. The van der Waals surface area contributed by atoms with Crippen molar-refractivity contribution in [2.45, 2.75) is 24.8 Å². The fourth-order valence-corrected chi connectivity index (χ4v) is 2.93. The molecule has 2 nitrogen and oxygen atoms in total. The Balaban J connectivity index is 2.00. The van der Waals surface area contributed by atoms with Gasteiger partial charge in [0, 0.05) is 16.3 Å². The van der Waals surface area contributed by atoms with Gasteiger partial charge in [-0.2, -0.15) is 0 Å². The molecule has 19 heavy (non-hydrogen) atoms. The van der Waals surface area contributed by atoms with Gasteiger partial charge >= 0.3 is 0 Å². The molecular weight excluding hydrogens is 254 g/mol. The van der Waals surface area contributed by atoms with Gasteiger partial charge in [0.2, 0.25) is 0 Å². The lowest BCUT2D eigenvalue weighted by atomic mass is 10.1. The van der Waals surface area contributed by atoms with E-state index in [1.54, 1.807) is 11.8 Å². The summed E-state index contributed by atoms with van der Waals surface area (Å²) in [4.78, 5) is 1.22. The second kappa shape index (κ2) is 6.13. The van der Waals surface area contributed by atoms with Gasteiger partial charge in [0.1, 0.15) is 0 Å². The van der Waals surface area contributed by atoms with Crippen molar-refractivity contribution in [2.75, 3.05) is 11.5 Å². The van der Waals surface area contributed by atoms with Crippen LogP contribution in [0.5, 0.6) is 0 Å². The Bertz CT molecular complexity index is 551. The number of aliphatic hydroxyl groups excluding tert-OH is 1. The fourth-order valence-electron chi connectivity index (χ4n) is 1.94. The molecule has 3 heteroatoms. The van der Waals surface area contributed by atoms with Gasteiger partial charge in [0.05, 0.1) is 6.10 Å². The zero-order valence-electron chi connectivity index (χ0n) is 11.3. The lowest BCUT2D eigenvalue weighted by Gasteiger charge is -2.12. The van der Waals surface area contributed by atoms with Crippen LogP contribution in [0.1, 0.15) is 22.8 Å². The molecule has 0 aliphatic heterocycles. The van der Waals surface area contributed by atoms with Gasteiger partial charge in [-0.3, -0.25) is 0 Å². The molecule has 0 spiro atoms. The summed E-state index contributed by atoms with van der Waals surface area (Å²) in [5.41, 5.74) is 9.79. The van der Waals surface area contributed by atoms with Crippen molar-refractivity contribution >= 4 is 17.4 Å². The first-order valence-electron chi connectivity index (χ1n) is 6.30. The number of nitrogens with two attached hydrogens (primary N) is 1. The summed E-state index contributed by atoms with van der Waals surface area (Å²) in [6.07, 6.45) is -0.466. The summed E-state index contributed by atoms with van der Waals surface area (Å²) in [6, 6.07) is 13.8. The Hall–Kier alpha value is -1.45. The van der Waals surface area contributed by atoms with E-state index in [1.807, 2.05) is 24.3 Å². The molecule has 0 saturated heterocycles. The Morgan fingerprint density at radius 2 is 1.79 bits per heavy atom. The summed E-state index contributed by atoms with van der Waals surface area (Å²) in [6.45, 7) is 4.19. The molecule has 100 valence electrons. The smallest absolute Gasteiger partial charge is 0.0883 e. The maximum Gasteiger partial charge on any atom is 0.0883 e. The highest BCUT2D eigenvalue weighted by atomic mass is 32.2. The standard InChI is InChI=1S/C16H19NOS/c1-11-3-8-16(12(2)9-11)19-10-15(18)13-4-6-14(17)7-5-13/h3-9,15,18H,10,17H2,1-2H3. The first-order chi connectivity index (χ1) is 9.06. The van der Waals surface area contributed by atoms with E-state index in [2.05, 4.69) is 32.0 Å². The van der Waals surface area contributed by atoms with E-state index >= 15 is 0 Å². The molecule has 0 amide bonds. The lowest BCUT2D eigenvalue weighted by Crippen LogP contribution is -2.01. The number of anilines is 1. The van der Waals surface area contributed by atoms with Crippen molar-refractivity contribution in [2.24, 2.45) is 0 Å². The van der Waals surface area contributed by atoms with Gasteiger partial charge in [0.25, 0.3) is 0 Å². The van der Waals surface area contributed by atoms with Crippen molar-refractivity contribution in [3.63, 3.8) is 0 Å². The van der Waals surface area contributed by atoms with Crippen LogP contribution in [0.2, 0.25) is 0 Å². The monoisotopic (exact) mass is 273 g/mol. The molecule has 0 aromatic heterocycles. The normalized spacial score (nSPS) is 12.4. The number of hydrogen-bond donors (Lipinski definition) is 2. The highest BCUT2D eigenvalue weighted by molar-refractivity contribution is 7.99. The number of aryl methyl sites for hydroxylation is 2. The Labute approximate surface area is 118 Å². The van der Waals surface area contributed by atoms with Crippen LogP contribution >= 0.6 is 11.8 Å². The molecule has 2 aromatic carbocycles. The minimum atomic E-state index is -0.466. The minimum Gasteiger partial charge on any atom is -0.399 e. The van der Waals surface area contributed by atoms with Crippen LogP contribution in [0, 0.1) is 13.8 Å². The van der Waals surface area contributed by atoms with Crippen molar-refractivity contribution in [1.29, 1.82) is 0 Å². The van der Waals surface area contributed by atoms with E-state index < -0.39 is 6.10 Å². The predicted molar refractivity (Wildman–Crippen MR) is 82.5 cm³/mol. The largest absolute Gasteiger partial charge is 0.399 e. The molecule has 0 heterocycles. The second-order valence-corrected chi connectivity index (χ2v) is 5.82. The van der Waals surface area contributed by atoms with Gasteiger partial charge in [-0.15, -0.1) is 11.8 Å². The molecule has 0 aliphatic carbocycles. The molecule has 0 bridgehead atoms. The van der Waals surface area contributed by atoms with E-state index in [0.29, 0.717) is 5.75 Å². The van der Waals surface area contributed by atoms with E-state index in [0.717, 1.165) is 11.3 Å². The number of rotatable bonds is 4. The molecule has 2 aromatic rings. The van der Waals surface area contributed by atoms with E-state index in [-0.39, 0.29) is 0 Å². The number of nitrogen functional groups attached to an aromatic ring is 1. The first kappa shape index (κ1) is 14.0. The fraction of sp³-hybridized carbons (Fsp3) is 0.250. The maximum atomic E-state index is 10.2. The second-order valence-electron chi connectivity index (χ2n) is 4.76.